The maximum atomic E-state index is 12.2. The summed E-state index contributed by atoms with van der Waals surface area (Å²) in [7, 11) is 1.57. The number of carbonyl (C=O) groups excluding carboxylic acids is 2. The standard InChI is InChI=1S/C16H17N3O3/c1-11(20)18-10-14-8-12(6-7-17-14)16(21)19-13-4-3-5-15(9-13)22-2/h3-9H,10H2,1-2H3,(H,18,20)(H,19,21). The molecule has 0 atom stereocenters. The minimum Gasteiger partial charge on any atom is -0.497 e. The summed E-state index contributed by atoms with van der Waals surface area (Å²) in [6.07, 6.45) is 1.54. The number of anilines is 1. The van der Waals surface area contributed by atoms with Crippen LogP contribution in [0, 0.1) is 0 Å². The van der Waals surface area contributed by atoms with E-state index >= 15 is 0 Å². The molecule has 2 aromatic rings. The van der Waals surface area contributed by atoms with Crippen molar-refractivity contribution in [3.05, 3.63) is 53.9 Å². The van der Waals surface area contributed by atoms with Gasteiger partial charge in [0.05, 0.1) is 19.3 Å². The Morgan fingerprint density at radius 1 is 1.23 bits per heavy atom. The Bertz CT molecular complexity index is 686. The van der Waals surface area contributed by atoms with Gasteiger partial charge in [-0.25, -0.2) is 0 Å². The first-order valence-electron chi connectivity index (χ1n) is 6.73. The van der Waals surface area contributed by atoms with Gasteiger partial charge in [0.25, 0.3) is 5.91 Å². The highest BCUT2D eigenvalue weighted by Crippen LogP contribution is 2.17. The lowest BCUT2D eigenvalue weighted by atomic mass is 10.2. The zero-order chi connectivity index (χ0) is 15.9. The molecule has 0 aliphatic carbocycles. The minimum absolute atomic E-state index is 0.145. The Hall–Kier alpha value is -2.89. The van der Waals surface area contributed by atoms with Crippen molar-refractivity contribution < 1.29 is 14.3 Å². The van der Waals surface area contributed by atoms with E-state index in [0.717, 1.165) is 0 Å². The number of aromatic nitrogens is 1. The van der Waals surface area contributed by atoms with Gasteiger partial charge >= 0.3 is 0 Å². The van der Waals surface area contributed by atoms with Crippen LogP contribution in [-0.4, -0.2) is 23.9 Å². The molecular formula is C16H17N3O3. The largest absolute Gasteiger partial charge is 0.497 e. The summed E-state index contributed by atoms with van der Waals surface area (Å²) in [5, 5.41) is 5.43. The van der Waals surface area contributed by atoms with Gasteiger partial charge in [0.15, 0.2) is 0 Å². The molecule has 1 aromatic heterocycles. The van der Waals surface area contributed by atoms with Crippen LogP contribution in [0.2, 0.25) is 0 Å². The van der Waals surface area contributed by atoms with Crippen LogP contribution < -0.4 is 15.4 Å². The van der Waals surface area contributed by atoms with Gasteiger partial charge in [-0.1, -0.05) is 6.07 Å². The SMILES string of the molecule is COc1cccc(NC(=O)c2ccnc(CNC(C)=O)c2)c1. The molecule has 0 saturated heterocycles. The number of amides is 2. The van der Waals surface area contributed by atoms with Crippen molar-refractivity contribution in [3.8, 4) is 5.75 Å². The predicted molar refractivity (Wildman–Crippen MR) is 82.7 cm³/mol. The van der Waals surface area contributed by atoms with Crippen molar-refractivity contribution in [1.29, 1.82) is 0 Å². The van der Waals surface area contributed by atoms with Gasteiger partial charge in [0, 0.05) is 30.4 Å². The second-order valence-corrected chi connectivity index (χ2v) is 4.63. The molecule has 1 heterocycles. The highest BCUT2D eigenvalue weighted by molar-refractivity contribution is 6.04. The fourth-order valence-corrected chi connectivity index (χ4v) is 1.84. The van der Waals surface area contributed by atoms with Crippen molar-refractivity contribution in [3.63, 3.8) is 0 Å². The van der Waals surface area contributed by atoms with Gasteiger partial charge in [0.1, 0.15) is 5.75 Å². The van der Waals surface area contributed by atoms with Crippen LogP contribution in [0.4, 0.5) is 5.69 Å². The lowest BCUT2D eigenvalue weighted by Crippen LogP contribution is -2.20. The summed E-state index contributed by atoms with van der Waals surface area (Å²) in [4.78, 5) is 27.3. The van der Waals surface area contributed by atoms with Crippen molar-refractivity contribution >= 4 is 17.5 Å². The number of methoxy groups -OCH3 is 1. The lowest BCUT2D eigenvalue weighted by molar-refractivity contribution is -0.119. The zero-order valence-corrected chi connectivity index (χ0v) is 12.4. The Balaban J connectivity index is 2.08. The molecule has 0 saturated carbocycles. The summed E-state index contributed by atoms with van der Waals surface area (Å²) in [5.41, 5.74) is 1.73. The van der Waals surface area contributed by atoms with Crippen LogP contribution in [0.3, 0.4) is 0 Å². The summed E-state index contributed by atoms with van der Waals surface area (Å²) < 4.78 is 5.11. The van der Waals surface area contributed by atoms with Crippen LogP contribution in [0.5, 0.6) is 5.75 Å². The Morgan fingerprint density at radius 2 is 2.05 bits per heavy atom. The van der Waals surface area contributed by atoms with Crippen molar-refractivity contribution in [1.82, 2.24) is 10.3 Å². The second kappa shape index (κ2) is 7.21. The van der Waals surface area contributed by atoms with E-state index in [4.69, 9.17) is 4.74 Å². The topological polar surface area (TPSA) is 80.3 Å². The van der Waals surface area contributed by atoms with Gasteiger partial charge in [0.2, 0.25) is 5.91 Å². The Kier molecular flexibility index (Phi) is 5.08. The third-order valence-electron chi connectivity index (χ3n) is 2.92. The fraction of sp³-hybridized carbons (Fsp3) is 0.188. The molecule has 0 spiro atoms. The van der Waals surface area contributed by atoms with Gasteiger partial charge in [-0.05, 0) is 24.3 Å². The normalized spacial score (nSPS) is 9.91. The van der Waals surface area contributed by atoms with E-state index in [9.17, 15) is 9.59 Å². The van der Waals surface area contributed by atoms with Gasteiger partial charge < -0.3 is 15.4 Å². The Labute approximate surface area is 128 Å². The average molecular weight is 299 g/mol. The third-order valence-corrected chi connectivity index (χ3v) is 2.92. The molecule has 0 radical (unpaired) electrons. The molecule has 6 heteroatoms. The molecule has 0 unspecified atom stereocenters. The lowest BCUT2D eigenvalue weighted by Gasteiger charge is -2.08. The highest BCUT2D eigenvalue weighted by Gasteiger charge is 2.08. The molecule has 114 valence electrons. The molecule has 1 aromatic carbocycles. The first-order chi connectivity index (χ1) is 10.6. The summed E-state index contributed by atoms with van der Waals surface area (Å²) in [5.74, 6) is 0.270. The number of carbonyl (C=O) groups is 2. The number of pyridine rings is 1. The molecule has 2 rings (SSSR count). The minimum atomic E-state index is -0.250. The Morgan fingerprint density at radius 3 is 2.77 bits per heavy atom. The molecular weight excluding hydrogens is 282 g/mol. The van der Waals surface area contributed by atoms with Crippen LogP contribution in [-0.2, 0) is 11.3 Å². The number of ether oxygens (including phenoxy) is 1. The van der Waals surface area contributed by atoms with E-state index in [0.29, 0.717) is 22.7 Å². The number of hydrogen-bond acceptors (Lipinski definition) is 4. The van der Waals surface area contributed by atoms with Crippen LogP contribution in [0.15, 0.2) is 42.6 Å². The quantitative estimate of drug-likeness (QED) is 0.884. The van der Waals surface area contributed by atoms with Crippen LogP contribution in [0.1, 0.15) is 23.0 Å². The first kappa shape index (κ1) is 15.5. The van der Waals surface area contributed by atoms with Gasteiger partial charge in [-0.15, -0.1) is 0 Å². The predicted octanol–water partition coefficient (Wildman–Crippen LogP) is 1.98. The maximum Gasteiger partial charge on any atom is 0.255 e. The summed E-state index contributed by atoms with van der Waals surface area (Å²) in [6.45, 7) is 1.72. The molecule has 6 nitrogen and oxygen atoms in total. The van der Waals surface area contributed by atoms with E-state index in [1.807, 2.05) is 0 Å². The van der Waals surface area contributed by atoms with Crippen molar-refractivity contribution in [2.24, 2.45) is 0 Å². The monoisotopic (exact) mass is 299 g/mol. The van der Waals surface area contributed by atoms with E-state index < -0.39 is 0 Å². The highest BCUT2D eigenvalue weighted by atomic mass is 16.5. The summed E-state index contributed by atoms with van der Waals surface area (Å²) in [6, 6.07) is 10.4. The number of rotatable bonds is 5. The van der Waals surface area contributed by atoms with Gasteiger partial charge in [-0.2, -0.15) is 0 Å². The van der Waals surface area contributed by atoms with E-state index in [-0.39, 0.29) is 18.4 Å². The van der Waals surface area contributed by atoms with Crippen molar-refractivity contribution in [2.75, 3.05) is 12.4 Å². The fourth-order valence-electron chi connectivity index (χ4n) is 1.84. The van der Waals surface area contributed by atoms with Crippen LogP contribution in [0.25, 0.3) is 0 Å². The molecule has 0 bridgehead atoms. The average Bonchev–Trinajstić information content (AvgIpc) is 2.53. The van der Waals surface area contributed by atoms with Gasteiger partial charge in [-0.3, -0.25) is 14.6 Å². The number of hydrogen-bond donors (Lipinski definition) is 2. The molecule has 2 amide bonds. The molecule has 0 fully saturated rings. The number of nitrogens with zero attached hydrogens (tertiary/aromatic N) is 1. The van der Waals surface area contributed by atoms with E-state index in [2.05, 4.69) is 15.6 Å². The maximum absolute atomic E-state index is 12.2. The smallest absolute Gasteiger partial charge is 0.255 e. The first-order valence-corrected chi connectivity index (χ1v) is 6.73. The number of nitrogens with one attached hydrogen (secondary N) is 2. The van der Waals surface area contributed by atoms with Crippen molar-refractivity contribution in [2.45, 2.75) is 13.5 Å². The number of benzene rings is 1. The zero-order valence-electron chi connectivity index (χ0n) is 12.4. The molecule has 0 aliphatic rings. The molecule has 2 N–H and O–H groups in total. The van der Waals surface area contributed by atoms with E-state index in [1.54, 1.807) is 43.5 Å². The molecule has 0 aliphatic heterocycles. The third kappa shape index (κ3) is 4.31. The summed E-state index contributed by atoms with van der Waals surface area (Å²) >= 11 is 0. The van der Waals surface area contributed by atoms with E-state index in [1.165, 1.54) is 13.1 Å². The van der Waals surface area contributed by atoms with Crippen LogP contribution >= 0.6 is 0 Å². The second-order valence-electron chi connectivity index (χ2n) is 4.63. The molecule has 22 heavy (non-hydrogen) atoms.